The molecule has 3 aromatic carbocycles. The summed E-state index contributed by atoms with van der Waals surface area (Å²) in [5, 5.41) is 3.18. The zero-order chi connectivity index (χ0) is 21.1. The van der Waals surface area contributed by atoms with E-state index < -0.39 is 0 Å². The Balaban J connectivity index is 1.65. The molecule has 6 heteroatoms. The first kappa shape index (κ1) is 19.3. The minimum Gasteiger partial charge on any atom is -0.497 e. The Morgan fingerprint density at radius 2 is 1.67 bits per heavy atom. The van der Waals surface area contributed by atoms with Crippen molar-refractivity contribution in [3.05, 3.63) is 88.6 Å². The first-order valence-electron chi connectivity index (χ1n) is 9.26. The third-order valence-electron chi connectivity index (χ3n) is 4.71. The van der Waals surface area contributed by atoms with Gasteiger partial charge in [-0.1, -0.05) is 12.1 Å². The maximum absolute atomic E-state index is 12.7. The molecule has 150 valence electrons. The molecule has 6 nitrogen and oxygen atoms in total. The number of para-hydroxylation sites is 1. The predicted molar refractivity (Wildman–Crippen MR) is 115 cm³/mol. The average Bonchev–Trinajstić information content (AvgIpc) is 2.79. The SMILES string of the molecule is COc1ccc(C(=O)Nc2ccc3oc(-c4ccccc4OC)cc(=O)c3c2)cc1. The molecule has 0 aliphatic carbocycles. The van der Waals surface area contributed by atoms with E-state index in [1.165, 1.54) is 6.07 Å². The second kappa shape index (κ2) is 8.13. The van der Waals surface area contributed by atoms with Gasteiger partial charge in [0.15, 0.2) is 5.43 Å². The van der Waals surface area contributed by atoms with Gasteiger partial charge >= 0.3 is 0 Å². The summed E-state index contributed by atoms with van der Waals surface area (Å²) in [5.74, 6) is 1.41. The van der Waals surface area contributed by atoms with Crippen LogP contribution in [0.2, 0.25) is 0 Å². The zero-order valence-electron chi connectivity index (χ0n) is 16.5. The minimum absolute atomic E-state index is 0.210. The lowest BCUT2D eigenvalue weighted by Crippen LogP contribution is -2.12. The molecular weight excluding hydrogens is 382 g/mol. The van der Waals surface area contributed by atoms with E-state index in [2.05, 4.69) is 5.32 Å². The van der Waals surface area contributed by atoms with Crippen molar-refractivity contribution in [2.24, 2.45) is 0 Å². The summed E-state index contributed by atoms with van der Waals surface area (Å²) in [6.07, 6.45) is 0. The molecule has 0 unspecified atom stereocenters. The summed E-state index contributed by atoms with van der Waals surface area (Å²) in [6, 6.07) is 20.5. The van der Waals surface area contributed by atoms with E-state index in [1.54, 1.807) is 62.8 Å². The molecule has 0 saturated heterocycles. The maximum atomic E-state index is 12.7. The molecule has 1 N–H and O–H groups in total. The van der Waals surface area contributed by atoms with Crippen LogP contribution >= 0.6 is 0 Å². The molecule has 0 radical (unpaired) electrons. The number of rotatable bonds is 5. The average molecular weight is 401 g/mol. The van der Waals surface area contributed by atoms with Crippen molar-refractivity contribution in [3.8, 4) is 22.8 Å². The topological polar surface area (TPSA) is 77.8 Å². The summed E-state index contributed by atoms with van der Waals surface area (Å²) in [7, 11) is 3.13. The van der Waals surface area contributed by atoms with Crippen LogP contribution in [0.1, 0.15) is 10.4 Å². The van der Waals surface area contributed by atoms with Gasteiger partial charge < -0.3 is 19.2 Å². The Labute approximate surface area is 172 Å². The van der Waals surface area contributed by atoms with Crippen LogP contribution in [-0.2, 0) is 0 Å². The van der Waals surface area contributed by atoms with E-state index in [0.717, 1.165) is 0 Å². The van der Waals surface area contributed by atoms with Crippen LogP contribution in [0.25, 0.3) is 22.3 Å². The fraction of sp³-hybridized carbons (Fsp3) is 0.0833. The Hall–Kier alpha value is -4.06. The highest BCUT2D eigenvalue weighted by atomic mass is 16.5. The molecule has 4 rings (SSSR count). The molecule has 1 heterocycles. The Bertz CT molecular complexity index is 1280. The number of nitrogens with one attached hydrogen (secondary N) is 1. The largest absolute Gasteiger partial charge is 0.497 e. The molecule has 0 saturated carbocycles. The number of anilines is 1. The summed E-state index contributed by atoms with van der Waals surface area (Å²) in [5.41, 5.74) is 1.88. The van der Waals surface area contributed by atoms with E-state index in [9.17, 15) is 9.59 Å². The van der Waals surface area contributed by atoms with Crippen molar-refractivity contribution in [1.29, 1.82) is 0 Å². The number of carbonyl (C=O) groups is 1. The Morgan fingerprint density at radius 1 is 0.900 bits per heavy atom. The van der Waals surface area contributed by atoms with Crippen LogP contribution in [0.4, 0.5) is 5.69 Å². The van der Waals surface area contributed by atoms with Crippen LogP contribution in [-0.4, -0.2) is 20.1 Å². The van der Waals surface area contributed by atoms with Crippen LogP contribution in [0.5, 0.6) is 11.5 Å². The van der Waals surface area contributed by atoms with Gasteiger partial charge in [-0.25, -0.2) is 0 Å². The fourth-order valence-electron chi connectivity index (χ4n) is 3.16. The highest BCUT2D eigenvalue weighted by Gasteiger charge is 2.13. The lowest BCUT2D eigenvalue weighted by Gasteiger charge is -2.09. The number of carbonyl (C=O) groups excluding carboxylic acids is 1. The number of ether oxygens (including phenoxy) is 2. The summed E-state index contributed by atoms with van der Waals surface area (Å²) >= 11 is 0. The molecule has 0 fully saturated rings. The molecular formula is C24H19NO5. The maximum Gasteiger partial charge on any atom is 0.255 e. The molecule has 0 bridgehead atoms. The van der Waals surface area contributed by atoms with E-state index in [0.29, 0.717) is 45.0 Å². The second-order valence-corrected chi connectivity index (χ2v) is 6.57. The quantitative estimate of drug-likeness (QED) is 0.523. The first-order chi connectivity index (χ1) is 14.6. The lowest BCUT2D eigenvalue weighted by molar-refractivity contribution is 0.102. The normalized spacial score (nSPS) is 10.6. The van der Waals surface area contributed by atoms with Crippen molar-refractivity contribution in [3.63, 3.8) is 0 Å². The highest BCUT2D eigenvalue weighted by Crippen LogP contribution is 2.31. The molecule has 1 amide bonds. The van der Waals surface area contributed by atoms with Gasteiger partial charge in [-0.15, -0.1) is 0 Å². The van der Waals surface area contributed by atoms with Gasteiger partial charge in [-0.3, -0.25) is 9.59 Å². The van der Waals surface area contributed by atoms with E-state index in [-0.39, 0.29) is 11.3 Å². The number of methoxy groups -OCH3 is 2. The third-order valence-corrected chi connectivity index (χ3v) is 4.71. The van der Waals surface area contributed by atoms with Crippen molar-refractivity contribution < 1.29 is 18.7 Å². The number of amides is 1. The van der Waals surface area contributed by atoms with Gasteiger partial charge in [0, 0.05) is 17.3 Å². The summed E-state index contributed by atoms with van der Waals surface area (Å²) < 4.78 is 16.4. The molecule has 0 atom stereocenters. The summed E-state index contributed by atoms with van der Waals surface area (Å²) in [6.45, 7) is 0. The molecule has 30 heavy (non-hydrogen) atoms. The van der Waals surface area contributed by atoms with Crippen molar-refractivity contribution >= 4 is 22.6 Å². The monoisotopic (exact) mass is 401 g/mol. The fourth-order valence-corrected chi connectivity index (χ4v) is 3.16. The molecule has 4 aromatic rings. The van der Waals surface area contributed by atoms with E-state index >= 15 is 0 Å². The van der Waals surface area contributed by atoms with Gasteiger partial charge in [0.2, 0.25) is 0 Å². The Kier molecular flexibility index (Phi) is 5.22. The third kappa shape index (κ3) is 3.75. The zero-order valence-corrected chi connectivity index (χ0v) is 16.5. The number of fused-ring (bicyclic) bond motifs is 1. The molecule has 0 aliphatic heterocycles. The predicted octanol–water partition coefficient (Wildman–Crippen LogP) is 4.73. The van der Waals surface area contributed by atoms with Crippen LogP contribution < -0.4 is 20.2 Å². The van der Waals surface area contributed by atoms with Crippen LogP contribution in [0.3, 0.4) is 0 Å². The first-order valence-corrected chi connectivity index (χ1v) is 9.26. The standard InChI is InChI=1S/C24H19NO5/c1-28-17-10-7-15(8-11-17)24(27)25-16-9-12-22-19(13-16)20(26)14-23(30-22)18-5-3-4-6-21(18)29-2/h3-14H,1-2H3,(H,25,27). The molecule has 1 aromatic heterocycles. The Morgan fingerprint density at radius 3 is 2.40 bits per heavy atom. The van der Waals surface area contributed by atoms with Crippen molar-refractivity contribution in [1.82, 2.24) is 0 Å². The number of hydrogen-bond acceptors (Lipinski definition) is 5. The van der Waals surface area contributed by atoms with E-state index in [1.807, 2.05) is 18.2 Å². The lowest BCUT2D eigenvalue weighted by atomic mass is 10.1. The van der Waals surface area contributed by atoms with Gasteiger partial charge in [-0.2, -0.15) is 0 Å². The molecule has 0 aliphatic rings. The highest BCUT2D eigenvalue weighted by molar-refractivity contribution is 6.05. The van der Waals surface area contributed by atoms with Gasteiger partial charge in [0.05, 0.1) is 25.2 Å². The smallest absolute Gasteiger partial charge is 0.255 e. The number of hydrogen-bond donors (Lipinski definition) is 1. The van der Waals surface area contributed by atoms with Crippen molar-refractivity contribution in [2.45, 2.75) is 0 Å². The van der Waals surface area contributed by atoms with Crippen molar-refractivity contribution in [2.75, 3.05) is 19.5 Å². The summed E-state index contributed by atoms with van der Waals surface area (Å²) in [4.78, 5) is 25.2. The van der Waals surface area contributed by atoms with E-state index in [4.69, 9.17) is 13.9 Å². The van der Waals surface area contributed by atoms with Gasteiger partial charge in [0.1, 0.15) is 22.8 Å². The van der Waals surface area contributed by atoms with Gasteiger partial charge in [-0.05, 0) is 54.6 Å². The number of benzene rings is 3. The second-order valence-electron chi connectivity index (χ2n) is 6.57. The van der Waals surface area contributed by atoms with Crippen LogP contribution in [0.15, 0.2) is 82.0 Å². The van der Waals surface area contributed by atoms with Crippen LogP contribution in [0, 0.1) is 0 Å². The van der Waals surface area contributed by atoms with Gasteiger partial charge in [0.25, 0.3) is 5.91 Å². The minimum atomic E-state index is -0.285. The molecule has 0 spiro atoms.